The van der Waals surface area contributed by atoms with E-state index in [9.17, 15) is 4.79 Å². The molecule has 0 fully saturated rings. The van der Waals surface area contributed by atoms with Crippen molar-refractivity contribution in [2.45, 2.75) is 39.7 Å². The van der Waals surface area contributed by atoms with Crippen molar-refractivity contribution in [3.05, 3.63) is 47.5 Å². The van der Waals surface area contributed by atoms with Crippen molar-refractivity contribution in [3.63, 3.8) is 0 Å². The highest BCUT2D eigenvalue weighted by Gasteiger charge is 2.16. The van der Waals surface area contributed by atoms with Gasteiger partial charge in [0.05, 0.1) is 12.8 Å². The Bertz CT molecular complexity index is 757. The first-order valence-electron chi connectivity index (χ1n) is 8.33. The quantitative estimate of drug-likeness (QED) is 0.775. The van der Waals surface area contributed by atoms with Crippen LogP contribution in [0.4, 0.5) is 11.4 Å². The minimum atomic E-state index is -0.632. The Kier molecular flexibility index (Phi) is 5.91. The van der Waals surface area contributed by atoms with Crippen molar-refractivity contribution >= 4 is 17.3 Å². The first-order chi connectivity index (χ1) is 11.8. The highest BCUT2D eigenvalue weighted by molar-refractivity contribution is 5.94. The van der Waals surface area contributed by atoms with E-state index in [1.165, 1.54) is 5.56 Å². The topological polar surface area (TPSA) is 73.6 Å². The lowest BCUT2D eigenvalue weighted by Gasteiger charge is -2.17. The van der Waals surface area contributed by atoms with Gasteiger partial charge < -0.3 is 20.5 Å². The predicted molar refractivity (Wildman–Crippen MR) is 101 cm³/mol. The van der Waals surface area contributed by atoms with Gasteiger partial charge in [0.15, 0.2) is 6.10 Å². The standard InChI is InChI=1S/C20H26N2O3/c1-12(2)17-8-7-16(10-13(17)3)25-14(4)20(23)22-15-6-9-19(24-5)18(21)11-15/h6-12,14H,21H2,1-5H3,(H,22,23). The molecule has 0 aliphatic carbocycles. The predicted octanol–water partition coefficient (Wildman–Crippen LogP) is 4.12. The molecule has 5 heteroatoms. The number of nitrogens with two attached hydrogens (primary N) is 1. The van der Waals surface area contributed by atoms with Crippen LogP contribution in [0.1, 0.15) is 37.8 Å². The molecule has 0 bridgehead atoms. The average Bonchev–Trinajstić information content (AvgIpc) is 2.54. The minimum absolute atomic E-state index is 0.241. The zero-order chi connectivity index (χ0) is 18.6. The van der Waals surface area contributed by atoms with Gasteiger partial charge in [0.1, 0.15) is 11.5 Å². The van der Waals surface area contributed by atoms with Crippen molar-refractivity contribution < 1.29 is 14.3 Å². The number of ether oxygens (including phenoxy) is 2. The van der Waals surface area contributed by atoms with Crippen LogP contribution in [0.25, 0.3) is 0 Å². The largest absolute Gasteiger partial charge is 0.495 e. The molecular weight excluding hydrogens is 316 g/mol. The van der Waals surface area contributed by atoms with Gasteiger partial charge in [-0.3, -0.25) is 4.79 Å². The van der Waals surface area contributed by atoms with E-state index >= 15 is 0 Å². The normalized spacial score (nSPS) is 11.9. The highest BCUT2D eigenvalue weighted by atomic mass is 16.5. The van der Waals surface area contributed by atoms with Crippen molar-refractivity contribution in [2.24, 2.45) is 0 Å². The van der Waals surface area contributed by atoms with E-state index < -0.39 is 6.10 Å². The molecule has 5 nitrogen and oxygen atoms in total. The zero-order valence-electron chi connectivity index (χ0n) is 15.4. The number of carbonyl (C=O) groups is 1. The van der Waals surface area contributed by atoms with Crippen molar-refractivity contribution in [2.75, 3.05) is 18.2 Å². The van der Waals surface area contributed by atoms with Crippen LogP contribution in [0.2, 0.25) is 0 Å². The Morgan fingerprint density at radius 2 is 1.84 bits per heavy atom. The highest BCUT2D eigenvalue weighted by Crippen LogP contribution is 2.26. The Labute approximate surface area is 149 Å². The Hall–Kier alpha value is -2.69. The fraction of sp³-hybridized carbons (Fsp3) is 0.350. The molecule has 2 rings (SSSR count). The Balaban J connectivity index is 2.03. The summed E-state index contributed by atoms with van der Waals surface area (Å²) in [6, 6.07) is 11.0. The summed E-state index contributed by atoms with van der Waals surface area (Å²) in [6.07, 6.45) is -0.632. The van der Waals surface area contributed by atoms with Crippen LogP contribution in [0.15, 0.2) is 36.4 Å². The van der Waals surface area contributed by atoms with Gasteiger partial charge >= 0.3 is 0 Å². The molecule has 134 valence electrons. The van der Waals surface area contributed by atoms with Crippen molar-refractivity contribution in [3.8, 4) is 11.5 Å². The number of aryl methyl sites for hydroxylation is 1. The van der Waals surface area contributed by atoms with Crippen molar-refractivity contribution in [1.29, 1.82) is 0 Å². The molecule has 2 aromatic rings. The monoisotopic (exact) mass is 342 g/mol. The lowest BCUT2D eigenvalue weighted by molar-refractivity contribution is -0.122. The van der Waals surface area contributed by atoms with Gasteiger partial charge in [-0.25, -0.2) is 0 Å². The van der Waals surface area contributed by atoms with Crippen LogP contribution in [0.5, 0.6) is 11.5 Å². The van der Waals surface area contributed by atoms with Gasteiger partial charge in [-0.1, -0.05) is 19.9 Å². The Morgan fingerprint density at radius 3 is 2.40 bits per heavy atom. The summed E-state index contributed by atoms with van der Waals surface area (Å²) in [5, 5.41) is 2.80. The molecule has 0 spiro atoms. The number of anilines is 2. The fourth-order valence-electron chi connectivity index (χ4n) is 2.68. The van der Waals surface area contributed by atoms with Gasteiger partial charge in [0.25, 0.3) is 5.91 Å². The summed E-state index contributed by atoms with van der Waals surface area (Å²) in [4.78, 5) is 12.3. The van der Waals surface area contributed by atoms with Gasteiger partial charge in [0.2, 0.25) is 0 Å². The summed E-state index contributed by atoms with van der Waals surface area (Å²) < 4.78 is 10.9. The van der Waals surface area contributed by atoms with E-state index in [0.29, 0.717) is 28.8 Å². The molecule has 0 aliphatic rings. The lowest BCUT2D eigenvalue weighted by Crippen LogP contribution is -2.30. The first-order valence-corrected chi connectivity index (χ1v) is 8.33. The number of rotatable bonds is 6. The molecular formula is C20H26N2O3. The summed E-state index contributed by atoms with van der Waals surface area (Å²) in [5.74, 6) is 1.47. The second-order valence-corrected chi connectivity index (χ2v) is 6.38. The fourth-order valence-corrected chi connectivity index (χ4v) is 2.68. The molecule has 0 saturated carbocycles. The number of methoxy groups -OCH3 is 1. The SMILES string of the molecule is COc1ccc(NC(=O)C(C)Oc2ccc(C(C)C)c(C)c2)cc1N. The molecule has 0 aromatic heterocycles. The van der Waals surface area contributed by atoms with Crippen LogP contribution in [-0.2, 0) is 4.79 Å². The van der Waals surface area contributed by atoms with Gasteiger partial charge in [-0.2, -0.15) is 0 Å². The first kappa shape index (κ1) is 18.6. The zero-order valence-corrected chi connectivity index (χ0v) is 15.4. The van der Waals surface area contributed by atoms with E-state index in [2.05, 4.69) is 19.2 Å². The van der Waals surface area contributed by atoms with Gasteiger partial charge in [-0.05, 0) is 61.2 Å². The number of hydrogen-bond donors (Lipinski definition) is 2. The molecule has 0 aliphatic heterocycles. The second-order valence-electron chi connectivity index (χ2n) is 6.38. The number of nitrogen functional groups attached to an aromatic ring is 1. The van der Waals surface area contributed by atoms with Crippen LogP contribution < -0.4 is 20.5 Å². The van der Waals surface area contributed by atoms with E-state index in [0.717, 1.165) is 5.56 Å². The molecule has 1 atom stereocenters. The van der Waals surface area contributed by atoms with Crippen LogP contribution in [0, 0.1) is 6.92 Å². The molecule has 2 aromatic carbocycles. The van der Waals surface area contributed by atoms with Crippen LogP contribution in [-0.4, -0.2) is 19.1 Å². The maximum absolute atomic E-state index is 12.3. The van der Waals surface area contributed by atoms with E-state index in [-0.39, 0.29) is 5.91 Å². The maximum Gasteiger partial charge on any atom is 0.265 e. The molecule has 0 saturated heterocycles. The molecule has 0 heterocycles. The third-order valence-corrected chi connectivity index (χ3v) is 4.04. The summed E-state index contributed by atoms with van der Waals surface area (Å²) >= 11 is 0. The Morgan fingerprint density at radius 1 is 1.12 bits per heavy atom. The van der Waals surface area contributed by atoms with Gasteiger partial charge in [-0.15, -0.1) is 0 Å². The number of benzene rings is 2. The third kappa shape index (κ3) is 4.66. The van der Waals surface area contributed by atoms with Crippen LogP contribution in [0.3, 0.4) is 0 Å². The maximum atomic E-state index is 12.3. The number of hydrogen-bond acceptors (Lipinski definition) is 4. The summed E-state index contributed by atoms with van der Waals surface area (Å²) in [7, 11) is 1.55. The summed E-state index contributed by atoms with van der Waals surface area (Å²) in [5.41, 5.74) is 9.35. The number of nitrogens with one attached hydrogen (secondary N) is 1. The van der Waals surface area contributed by atoms with E-state index in [1.54, 1.807) is 32.2 Å². The van der Waals surface area contributed by atoms with E-state index in [4.69, 9.17) is 15.2 Å². The molecule has 25 heavy (non-hydrogen) atoms. The lowest BCUT2D eigenvalue weighted by atomic mass is 9.98. The third-order valence-electron chi connectivity index (χ3n) is 4.04. The van der Waals surface area contributed by atoms with Crippen molar-refractivity contribution in [1.82, 2.24) is 0 Å². The molecule has 1 amide bonds. The van der Waals surface area contributed by atoms with E-state index in [1.807, 2.05) is 25.1 Å². The molecule has 1 unspecified atom stereocenters. The van der Waals surface area contributed by atoms with Crippen LogP contribution >= 0.6 is 0 Å². The summed E-state index contributed by atoms with van der Waals surface area (Å²) in [6.45, 7) is 8.07. The minimum Gasteiger partial charge on any atom is -0.495 e. The van der Waals surface area contributed by atoms with Gasteiger partial charge in [0, 0.05) is 5.69 Å². The average molecular weight is 342 g/mol. The molecule has 0 radical (unpaired) electrons. The number of amides is 1. The smallest absolute Gasteiger partial charge is 0.265 e. The second kappa shape index (κ2) is 7.92. The molecule has 3 N–H and O–H groups in total. The number of carbonyl (C=O) groups excluding carboxylic acids is 1.